The summed E-state index contributed by atoms with van der Waals surface area (Å²) in [6, 6.07) is 1.55. The Bertz CT molecular complexity index is 530. The van der Waals surface area contributed by atoms with Crippen molar-refractivity contribution in [2.45, 2.75) is 58.5 Å². The standard InChI is InChI=1S/C15H24N4O2/c1-10(19-7-5-6-13(19)20)14(21)16-9-11-8-12(18-17-11)15(2,3)4/h8,10H,5-7,9H2,1-4H3,(H,16,21)(H,17,18)/t10-/m1/s1. The molecule has 0 spiro atoms. The van der Waals surface area contributed by atoms with Crippen molar-refractivity contribution in [3.05, 3.63) is 17.5 Å². The summed E-state index contributed by atoms with van der Waals surface area (Å²) in [5, 5.41) is 10.1. The van der Waals surface area contributed by atoms with Gasteiger partial charge < -0.3 is 10.2 Å². The van der Waals surface area contributed by atoms with Crippen LogP contribution in [-0.2, 0) is 21.5 Å². The van der Waals surface area contributed by atoms with Gasteiger partial charge in [-0.15, -0.1) is 0 Å². The highest BCUT2D eigenvalue weighted by Crippen LogP contribution is 2.20. The first-order valence-corrected chi connectivity index (χ1v) is 7.41. The molecule has 0 aliphatic carbocycles. The van der Waals surface area contributed by atoms with Gasteiger partial charge >= 0.3 is 0 Å². The number of amides is 2. The van der Waals surface area contributed by atoms with Crippen LogP contribution >= 0.6 is 0 Å². The fourth-order valence-electron chi connectivity index (χ4n) is 2.39. The molecule has 1 aromatic rings. The second-order valence-corrected chi connectivity index (χ2v) is 6.61. The number of likely N-dealkylation sites (tertiary alicyclic amines) is 1. The van der Waals surface area contributed by atoms with E-state index in [2.05, 4.69) is 36.3 Å². The van der Waals surface area contributed by atoms with E-state index in [4.69, 9.17) is 0 Å². The first-order chi connectivity index (χ1) is 9.79. The molecule has 2 heterocycles. The fourth-order valence-corrected chi connectivity index (χ4v) is 2.39. The minimum absolute atomic E-state index is 0.0198. The van der Waals surface area contributed by atoms with Crippen molar-refractivity contribution in [3.63, 3.8) is 0 Å². The van der Waals surface area contributed by atoms with Crippen molar-refractivity contribution in [1.29, 1.82) is 0 Å². The molecule has 1 aliphatic heterocycles. The van der Waals surface area contributed by atoms with E-state index in [-0.39, 0.29) is 17.2 Å². The van der Waals surface area contributed by atoms with Gasteiger partial charge in [-0.2, -0.15) is 5.10 Å². The van der Waals surface area contributed by atoms with Crippen LogP contribution in [0, 0.1) is 0 Å². The summed E-state index contributed by atoms with van der Waals surface area (Å²) >= 11 is 0. The Morgan fingerprint density at radius 2 is 2.24 bits per heavy atom. The third-order valence-electron chi connectivity index (χ3n) is 3.81. The number of carbonyl (C=O) groups excluding carboxylic acids is 2. The Balaban J connectivity index is 1.89. The van der Waals surface area contributed by atoms with Gasteiger partial charge in [-0.05, 0) is 19.4 Å². The first kappa shape index (κ1) is 15.5. The monoisotopic (exact) mass is 292 g/mol. The predicted octanol–water partition coefficient (Wildman–Crippen LogP) is 1.33. The number of aromatic amines is 1. The Morgan fingerprint density at radius 3 is 2.76 bits per heavy atom. The highest BCUT2D eigenvalue weighted by Gasteiger charge is 2.29. The highest BCUT2D eigenvalue weighted by atomic mass is 16.2. The van der Waals surface area contributed by atoms with Crippen LogP contribution in [-0.4, -0.2) is 39.5 Å². The van der Waals surface area contributed by atoms with Crippen LogP contribution in [0.25, 0.3) is 0 Å². The van der Waals surface area contributed by atoms with Gasteiger partial charge in [0.25, 0.3) is 0 Å². The summed E-state index contributed by atoms with van der Waals surface area (Å²) < 4.78 is 0. The van der Waals surface area contributed by atoms with Crippen LogP contribution in [0.3, 0.4) is 0 Å². The molecule has 21 heavy (non-hydrogen) atoms. The zero-order valence-corrected chi connectivity index (χ0v) is 13.2. The smallest absolute Gasteiger partial charge is 0.242 e. The molecule has 116 valence electrons. The molecule has 1 aliphatic rings. The zero-order valence-electron chi connectivity index (χ0n) is 13.2. The first-order valence-electron chi connectivity index (χ1n) is 7.41. The van der Waals surface area contributed by atoms with Crippen LogP contribution in [0.5, 0.6) is 0 Å². The van der Waals surface area contributed by atoms with Crippen molar-refractivity contribution in [2.75, 3.05) is 6.54 Å². The lowest BCUT2D eigenvalue weighted by Gasteiger charge is -2.23. The van der Waals surface area contributed by atoms with E-state index in [1.165, 1.54) is 0 Å². The summed E-state index contributed by atoms with van der Waals surface area (Å²) in [5.41, 5.74) is 1.82. The van der Waals surface area contributed by atoms with Gasteiger partial charge in [0.15, 0.2) is 0 Å². The molecule has 0 bridgehead atoms. The molecule has 2 amide bonds. The van der Waals surface area contributed by atoms with Crippen LogP contribution in [0.15, 0.2) is 6.07 Å². The molecule has 6 heteroatoms. The molecule has 0 radical (unpaired) electrons. The van der Waals surface area contributed by atoms with Crippen molar-refractivity contribution < 1.29 is 9.59 Å². The number of aromatic nitrogens is 2. The van der Waals surface area contributed by atoms with Crippen LogP contribution in [0.1, 0.15) is 51.9 Å². The Labute approximate surface area is 125 Å². The summed E-state index contributed by atoms with van der Waals surface area (Å²) in [7, 11) is 0. The Morgan fingerprint density at radius 1 is 1.52 bits per heavy atom. The van der Waals surface area contributed by atoms with Crippen LogP contribution < -0.4 is 5.32 Å². The average molecular weight is 292 g/mol. The zero-order chi connectivity index (χ0) is 15.6. The van der Waals surface area contributed by atoms with E-state index in [1.807, 2.05) is 6.07 Å². The number of nitrogens with zero attached hydrogens (tertiary/aromatic N) is 2. The second kappa shape index (κ2) is 5.87. The van der Waals surface area contributed by atoms with E-state index < -0.39 is 6.04 Å². The molecule has 1 saturated heterocycles. The lowest BCUT2D eigenvalue weighted by Crippen LogP contribution is -2.45. The molecule has 1 fully saturated rings. The number of H-pyrrole nitrogens is 1. The van der Waals surface area contributed by atoms with Gasteiger partial charge in [-0.1, -0.05) is 20.8 Å². The quantitative estimate of drug-likeness (QED) is 0.879. The Hall–Kier alpha value is -1.85. The molecule has 6 nitrogen and oxygen atoms in total. The molecule has 2 rings (SSSR count). The summed E-state index contributed by atoms with van der Waals surface area (Å²) in [5.74, 6) is -0.0635. The maximum atomic E-state index is 12.1. The van der Waals surface area contributed by atoms with Gasteiger partial charge in [0.1, 0.15) is 6.04 Å². The summed E-state index contributed by atoms with van der Waals surface area (Å²) in [6.07, 6.45) is 1.39. The minimum atomic E-state index is -0.412. The molecule has 0 aromatic carbocycles. The lowest BCUT2D eigenvalue weighted by molar-refractivity contribution is -0.136. The van der Waals surface area contributed by atoms with E-state index in [9.17, 15) is 9.59 Å². The molecule has 0 unspecified atom stereocenters. The van der Waals surface area contributed by atoms with Crippen LogP contribution in [0.4, 0.5) is 0 Å². The lowest BCUT2D eigenvalue weighted by atomic mass is 9.92. The van der Waals surface area contributed by atoms with Crippen molar-refractivity contribution in [2.24, 2.45) is 0 Å². The molecular weight excluding hydrogens is 268 g/mol. The SMILES string of the molecule is C[C@H](C(=O)NCc1cc(C(C)(C)C)n[nH]1)N1CCCC1=O. The molecular formula is C15H24N4O2. The Kier molecular flexibility index (Phi) is 4.34. The topological polar surface area (TPSA) is 78.1 Å². The molecule has 1 atom stereocenters. The van der Waals surface area contributed by atoms with E-state index >= 15 is 0 Å². The van der Waals surface area contributed by atoms with Gasteiger partial charge in [-0.25, -0.2) is 0 Å². The predicted molar refractivity (Wildman–Crippen MR) is 79.5 cm³/mol. The summed E-state index contributed by atoms with van der Waals surface area (Å²) in [4.78, 5) is 25.4. The maximum absolute atomic E-state index is 12.1. The normalized spacial score (nSPS) is 17.1. The summed E-state index contributed by atoms with van der Waals surface area (Å²) in [6.45, 7) is 9.11. The second-order valence-electron chi connectivity index (χ2n) is 6.61. The molecule has 0 saturated carbocycles. The van der Waals surface area contributed by atoms with Gasteiger partial charge in [0.2, 0.25) is 11.8 Å². The van der Waals surface area contributed by atoms with Gasteiger partial charge in [0, 0.05) is 18.4 Å². The number of rotatable bonds is 4. The third-order valence-corrected chi connectivity index (χ3v) is 3.81. The number of nitrogens with one attached hydrogen (secondary N) is 2. The minimum Gasteiger partial charge on any atom is -0.349 e. The number of hydrogen-bond acceptors (Lipinski definition) is 3. The van der Waals surface area contributed by atoms with Crippen LogP contribution in [0.2, 0.25) is 0 Å². The van der Waals surface area contributed by atoms with E-state index in [0.29, 0.717) is 19.5 Å². The molecule has 1 aromatic heterocycles. The van der Waals surface area contributed by atoms with E-state index in [1.54, 1.807) is 11.8 Å². The fraction of sp³-hybridized carbons (Fsp3) is 0.667. The van der Waals surface area contributed by atoms with Crippen molar-refractivity contribution in [1.82, 2.24) is 20.4 Å². The van der Waals surface area contributed by atoms with Gasteiger partial charge in [0.05, 0.1) is 17.9 Å². The largest absolute Gasteiger partial charge is 0.349 e. The van der Waals surface area contributed by atoms with Crippen molar-refractivity contribution in [3.8, 4) is 0 Å². The third kappa shape index (κ3) is 3.62. The maximum Gasteiger partial charge on any atom is 0.242 e. The average Bonchev–Trinajstić information content (AvgIpc) is 3.03. The highest BCUT2D eigenvalue weighted by molar-refractivity contribution is 5.88. The van der Waals surface area contributed by atoms with Gasteiger partial charge in [-0.3, -0.25) is 14.7 Å². The molecule has 2 N–H and O–H groups in total. The van der Waals surface area contributed by atoms with E-state index in [0.717, 1.165) is 17.8 Å². The van der Waals surface area contributed by atoms with Crippen molar-refractivity contribution >= 4 is 11.8 Å². The number of hydrogen-bond donors (Lipinski definition) is 2. The number of carbonyl (C=O) groups is 2.